The number of rotatable bonds is 6. The van der Waals surface area contributed by atoms with E-state index in [2.05, 4.69) is 11.4 Å². The molecular formula is C23H20N2O3S3. The molecule has 8 heteroatoms. The number of amides is 1. The standard InChI is InChI=1S/C23H20N2O3S3/c24-13-18-16-7-2-1-3-8-20(16)31-22(18)25-21(26)14-28-23(27)17(19-9-5-11-30-19)12-15-6-4-10-29-15/h4-6,9-12H,1-3,7-8,14H2,(H,25,26)/b17-12+. The third-order valence-electron chi connectivity index (χ3n) is 4.96. The van der Waals surface area contributed by atoms with Crippen LogP contribution in [-0.4, -0.2) is 18.5 Å². The van der Waals surface area contributed by atoms with E-state index in [0.717, 1.165) is 47.4 Å². The maximum Gasteiger partial charge on any atom is 0.340 e. The summed E-state index contributed by atoms with van der Waals surface area (Å²) in [6.45, 7) is -0.403. The van der Waals surface area contributed by atoms with Gasteiger partial charge in [-0.25, -0.2) is 4.79 Å². The summed E-state index contributed by atoms with van der Waals surface area (Å²) < 4.78 is 5.32. The number of ether oxygens (including phenoxy) is 1. The van der Waals surface area contributed by atoms with E-state index >= 15 is 0 Å². The van der Waals surface area contributed by atoms with Crippen LogP contribution >= 0.6 is 34.0 Å². The Balaban J connectivity index is 1.44. The summed E-state index contributed by atoms with van der Waals surface area (Å²) >= 11 is 4.43. The number of nitrogens with one attached hydrogen (secondary N) is 1. The van der Waals surface area contributed by atoms with Crippen molar-refractivity contribution in [3.8, 4) is 6.07 Å². The quantitative estimate of drug-likeness (QED) is 0.284. The summed E-state index contributed by atoms with van der Waals surface area (Å²) in [6.07, 6.45) is 6.92. The van der Waals surface area contributed by atoms with Crippen molar-refractivity contribution in [2.24, 2.45) is 0 Å². The SMILES string of the molecule is N#Cc1c(NC(=O)COC(=O)/C(=C/c2cccs2)c2cccs2)sc2c1CCCCC2. The van der Waals surface area contributed by atoms with Crippen LogP contribution in [0.15, 0.2) is 35.0 Å². The Kier molecular flexibility index (Phi) is 6.97. The predicted molar refractivity (Wildman–Crippen MR) is 126 cm³/mol. The predicted octanol–water partition coefficient (Wildman–Crippen LogP) is 5.73. The van der Waals surface area contributed by atoms with Gasteiger partial charge in [0, 0.05) is 14.6 Å². The lowest BCUT2D eigenvalue weighted by molar-refractivity contribution is -0.141. The van der Waals surface area contributed by atoms with Crippen molar-refractivity contribution in [1.29, 1.82) is 5.26 Å². The van der Waals surface area contributed by atoms with Crippen LogP contribution in [0.25, 0.3) is 11.6 Å². The van der Waals surface area contributed by atoms with Gasteiger partial charge in [0.2, 0.25) is 0 Å². The van der Waals surface area contributed by atoms with Gasteiger partial charge in [0.15, 0.2) is 6.61 Å². The number of carbonyl (C=O) groups is 2. The smallest absolute Gasteiger partial charge is 0.340 e. The summed E-state index contributed by atoms with van der Waals surface area (Å²) in [5.74, 6) is -0.989. The zero-order valence-corrected chi connectivity index (χ0v) is 19.1. The first-order valence-corrected chi connectivity index (χ1v) is 12.5. The van der Waals surface area contributed by atoms with E-state index < -0.39 is 18.5 Å². The largest absolute Gasteiger partial charge is 0.452 e. The van der Waals surface area contributed by atoms with Crippen molar-refractivity contribution in [3.63, 3.8) is 0 Å². The molecule has 1 N–H and O–H groups in total. The molecule has 0 saturated heterocycles. The van der Waals surface area contributed by atoms with Crippen molar-refractivity contribution >= 4 is 62.5 Å². The van der Waals surface area contributed by atoms with Gasteiger partial charge in [-0.3, -0.25) is 4.79 Å². The maximum absolute atomic E-state index is 12.7. The van der Waals surface area contributed by atoms with Crippen molar-refractivity contribution in [2.45, 2.75) is 32.1 Å². The molecule has 1 aliphatic carbocycles. The monoisotopic (exact) mass is 468 g/mol. The topological polar surface area (TPSA) is 79.2 Å². The van der Waals surface area contributed by atoms with E-state index in [1.807, 2.05) is 35.0 Å². The highest BCUT2D eigenvalue weighted by atomic mass is 32.1. The molecule has 0 bridgehead atoms. The third-order valence-corrected chi connectivity index (χ3v) is 7.89. The van der Waals surface area contributed by atoms with E-state index in [9.17, 15) is 14.9 Å². The zero-order chi connectivity index (χ0) is 21.6. The van der Waals surface area contributed by atoms with Crippen LogP contribution < -0.4 is 5.32 Å². The van der Waals surface area contributed by atoms with Crippen LogP contribution in [0.3, 0.4) is 0 Å². The van der Waals surface area contributed by atoms with E-state index in [1.54, 1.807) is 6.08 Å². The molecule has 3 heterocycles. The fraction of sp³-hybridized carbons (Fsp3) is 0.261. The van der Waals surface area contributed by atoms with Crippen molar-refractivity contribution < 1.29 is 14.3 Å². The second-order valence-corrected chi connectivity index (χ2v) is 10.1. The van der Waals surface area contributed by atoms with Crippen molar-refractivity contribution in [2.75, 3.05) is 11.9 Å². The minimum absolute atomic E-state index is 0.403. The molecule has 1 aliphatic rings. The van der Waals surface area contributed by atoms with Gasteiger partial charge >= 0.3 is 5.97 Å². The number of thiophene rings is 3. The van der Waals surface area contributed by atoms with Crippen LogP contribution in [0.2, 0.25) is 0 Å². The summed E-state index contributed by atoms with van der Waals surface area (Å²) in [5, 5.41) is 16.8. The number of anilines is 1. The zero-order valence-electron chi connectivity index (χ0n) is 16.7. The van der Waals surface area contributed by atoms with Gasteiger partial charge < -0.3 is 10.1 Å². The Bertz CT molecular complexity index is 1140. The van der Waals surface area contributed by atoms with Crippen LogP contribution in [0.1, 0.15) is 45.0 Å². The van der Waals surface area contributed by atoms with Gasteiger partial charge in [0.1, 0.15) is 11.1 Å². The van der Waals surface area contributed by atoms with Crippen molar-refractivity contribution in [3.05, 3.63) is 60.8 Å². The second kappa shape index (κ2) is 10.1. The average Bonchev–Trinajstić information content (AvgIpc) is 3.50. The van der Waals surface area contributed by atoms with E-state index in [-0.39, 0.29) is 0 Å². The van der Waals surface area contributed by atoms with Crippen molar-refractivity contribution in [1.82, 2.24) is 0 Å². The molecule has 0 atom stereocenters. The number of fused-ring (bicyclic) bond motifs is 1. The molecule has 1 amide bonds. The number of aryl methyl sites for hydroxylation is 1. The van der Waals surface area contributed by atoms with Gasteiger partial charge in [-0.2, -0.15) is 5.26 Å². The molecule has 4 rings (SSSR count). The number of carbonyl (C=O) groups excluding carboxylic acids is 2. The molecule has 5 nitrogen and oxygen atoms in total. The first kappa shape index (κ1) is 21.5. The first-order valence-electron chi connectivity index (χ1n) is 9.96. The molecule has 0 saturated carbocycles. The fourth-order valence-corrected chi connectivity index (χ4v) is 6.14. The lowest BCUT2D eigenvalue weighted by atomic mass is 10.1. The van der Waals surface area contributed by atoms with Crippen LogP contribution in [0, 0.1) is 11.3 Å². The minimum atomic E-state index is -0.548. The van der Waals surface area contributed by atoms with E-state index in [4.69, 9.17) is 4.74 Å². The highest BCUT2D eigenvalue weighted by molar-refractivity contribution is 7.16. The molecule has 0 unspecified atom stereocenters. The lowest BCUT2D eigenvalue weighted by Gasteiger charge is -2.08. The summed E-state index contributed by atoms with van der Waals surface area (Å²) in [7, 11) is 0. The maximum atomic E-state index is 12.7. The van der Waals surface area contributed by atoms with Gasteiger partial charge in [-0.15, -0.1) is 34.0 Å². The molecule has 0 radical (unpaired) electrons. The Morgan fingerprint density at radius 1 is 1.13 bits per heavy atom. The number of esters is 1. The highest BCUT2D eigenvalue weighted by Gasteiger charge is 2.22. The highest BCUT2D eigenvalue weighted by Crippen LogP contribution is 2.37. The van der Waals surface area contributed by atoms with Gasteiger partial charge in [-0.05, 0) is 60.2 Å². The van der Waals surface area contributed by atoms with Gasteiger partial charge in [0.25, 0.3) is 5.91 Å². The molecule has 3 aromatic rings. The number of nitrogens with zero attached hydrogens (tertiary/aromatic N) is 1. The average molecular weight is 469 g/mol. The number of hydrogen-bond acceptors (Lipinski definition) is 7. The lowest BCUT2D eigenvalue weighted by Crippen LogP contribution is -2.21. The summed E-state index contributed by atoms with van der Waals surface area (Å²) in [6, 6.07) is 9.80. The Labute approximate surface area is 192 Å². The van der Waals surface area contributed by atoms with Crippen LogP contribution in [0.4, 0.5) is 5.00 Å². The van der Waals surface area contributed by atoms with E-state index in [1.165, 1.54) is 38.9 Å². The first-order chi connectivity index (χ1) is 15.2. The Morgan fingerprint density at radius 3 is 2.68 bits per heavy atom. The summed E-state index contributed by atoms with van der Waals surface area (Å²) in [5.41, 5.74) is 2.04. The Hall–Kier alpha value is -2.73. The van der Waals surface area contributed by atoms with Gasteiger partial charge in [-0.1, -0.05) is 18.6 Å². The molecule has 0 aliphatic heterocycles. The van der Waals surface area contributed by atoms with Gasteiger partial charge in [0.05, 0.1) is 11.1 Å². The molecule has 0 aromatic carbocycles. The molecule has 31 heavy (non-hydrogen) atoms. The summed E-state index contributed by atoms with van der Waals surface area (Å²) in [4.78, 5) is 28.1. The van der Waals surface area contributed by atoms with E-state index in [0.29, 0.717) is 16.1 Å². The molecule has 3 aromatic heterocycles. The van der Waals surface area contributed by atoms with Crippen LogP contribution in [-0.2, 0) is 27.2 Å². The van der Waals surface area contributed by atoms with Crippen LogP contribution in [0.5, 0.6) is 0 Å². The normalized spacial score (nSPS) is 13.7. The Morgan fingerprint density at radius 2 is 1.94 bits per heavy atom. The fourth-order valence-electron chi connectivity index (χ4n) is 3.50. The molecule has 0 spiro atoms. The minimum Gasteiger partial charge on any atom is -0.452 e. The second-order valence-electron chi connectivity index (χ2n) is 7.06. The molecular weight excluding hydrogens is 448 g/mol. The molecule has 0 fully saturated rings. The third kappa shape index (κ3) is 5.13. The molecule has 158 valence electrons. The number of nitriles is 1. The number of hydrogen-bond donors (Lipinski definition) is 1.